The number of carbonyl (C=O) groups excluding carboxylic acids is 1. The Kier molecular flexibility index (Phi) is 8.51. The first-order valence-electron chi connectivity index (χ1n) is 10.2. The quantitative estimate of drug-likeness (QED) is 0.430. The standard InChI is InChI=1S/C23H27ClN4O2S/c1-4-16(2)25-22(29)18-10-6-5-9-17(18)15-31-23-27-26-21(28(23)13-14-30-3)19-11-7-8-12-20(19)24/h5-12,16H,4,13-15H2,1-3H3,(H,25,29)/t16-/m0/s1. The van der Waals surface area contributed by atoms with Gasteiger partial charge in [-0.1, -0.05) is 60.6 Å². The minimum absolute atomic E-state index is 0.0526. The molecule has 1 atom stereocenters. The zero-order valence-corrected chi connectivity index (χ0v) is 19.5. The highest BCUT2D eigenvalue weighted by molar-refractivity contribution is 7.98. The summed E-state index contributed by atoms with van der Waals surface area (Å²) >= 11 is 7.93. The van der Waals surface area contributed by atoms with E-state index in [1.54, 1.807) is 7.11 Å². The van der Waals surface area contributed by atoms with Gasteiger partial charge in [-0.2, -0.15) is 0 Å². The third kappa shape index (κ3) is 5.87. The maximum atomic E-state index is 12.7. The monoisotopic (exact) mass is 458 g/mol. The van der Waals surface area contributed by atoms with Crippen LogP contribution in [0.1, 0.15) is 36.2 Å². The Balaban J connectivity index is 1.84. The number of carbonyl (C=O) groups is 1. The van der Waals surface area contributed by atoms with Crippen LogP contribution in [0.4, 0.5) is 0 Å². The Morgan fingerprint density at radius 1 is 1.19 bits per heavy atom. The van der Waals surface area contributed by atoms with Crippen LogP contribution >= 0.6 is 23.4 Å². The number of nitrogens with one attached hydrogen (secondary N) is 1. The second kappa shape index (κ2) is 11.3. The van der Waals surface area contributed by atoms with Gasteiger partial charge in [0.15, 0.2) is 11.0 Å². The van der Waals surface area contributed by atoms with Gasteiger partial charge in [0.1, 0.15) is 0 Å². The highest BCUT2D eigenvalue weighted by Crippen LogP contribution is 2.30. The zero-order valence-electron chi connectivity index (χ0n) is 18.0. The van der Waals surface area contributed by atoms with Crippen LogP contribution in [-0.2, 0) is 17.0 Å². The Morgan fingerprint density at radius 2 is 1.94 bits per heavy atom. The lowest BCUT2D eigenvalue weighted by atomic mass is 10.1. The van der Waals surface area contributed by atoms with Crippen LogP contribution in [0.5, 0.6) is 0 Å². The van der Waals surface area contributed by atoms with Gasteiger partial charge in [0.2, 0.25) is 0 Å². The van der Waals surface area contributed by atoms with Gasteiger partial charge in [-0.3, -0.25) is 9.36 Å². The Labute approximate surface area is 192 Å². The SMILES string of the molecule is CC[C@H](C)NC(=O)c1ccccc1CSc1nnc(-c2ccccc2Cl)n1CCOC. The molecule has 0 saturated carbocycles. The summed E-state index contributed by atoms with van der Waals surface area (Å²) in [6, 6.07) is 15.4. The van der Waals surface area contributed by atoms with Crippen LogP contribution in [0.3, 0.4) is 0 Å². The molecule has 1 amide bonds. The number of benzene rings is 2. The number of hydrogen-bond acceptors (Lipinski definition) is 5. The molecule has 1 heterocycles. The fraction of sp³-hybridized carbons (Fsp3) is 0.348. The van der Waals surface area contributed by atoms with E-state index < -0.39 is 0 Å². The van der Waals surface area contributed by atoms with Gasteiger partial charge in [-0.25, -0.2) is 0 Å². The molecule has 0 bridgehead atoms. The van der Waals surface area contributed by atoms with E-state index in [0.717, 1.165) is 22.7 Å². The summed E-state index contributed by atoms with van der Waals surface area (Å²) in [5.74, 6) is 1.24. The molecular formula is C23H27ClN4O2S. The van der Waals surface area contributed by atoms with E-state index in [9.17, 15) is 4.79 Å². The zero-order chi connectivity index (χ0) is 22.2. The molecule has 164 valence electrons. The first-order valence-corrected chi connectivity index (χ1v) is 11.6. The normalized spacial score (nSPS) is 12.0. The van der Waals surface area contributed by atoms with Crippen LogP contribution in [0.25, 0.3) is 11.4 Å². The summed E-state index contributed by atoms with van der Waals surface area (Å²) < 4.78 is 7.29. The van der Waals surface area contributed by atoms with Crippen molar-refractivity contribution >= 4 is 29.3 Å². The molecule has 0 radical (unpaired) electrons. The van der Waals surface area contributed by atoms with Crippen LogP contribution in [0.2, 0.25) is 5.02 Å². The minimum atomic E-state index is -0.0526. The Morgan fingerprint density at radius 3 is 2.68 bits per heavy atom. The van der Waals surface area contributed by atoms with Gasteiger partial charge in [-0.05, 0) is 37.1 Å². The van der Waals surface area contributed by atoms with Crippen LogP contribution in [0.15, 0.2) is 53.7 Å². The van der Waals surface area contributed by atoms with Crippen molar-refractivity contribution in [3.63, 3.8) is 0 Å². The Hall–Kier alpha value is -2.35. The molecule has 0 aliphatic carbocycles. The molecule has 0 aliphatic rings. The molecule has 1 N–H and O–H groups in total. The number of methoxy groups -OCH3 is 1. The number of thioether (sulfide) groups is 1. The maximum Gasteiger partial charge on any atom is 0.251 e. The molecule has 0 spiro atoms. The first-order chi connectivity index (χ1) is 15.0. The van der Waals surface area contributed by atoms with Crippen molar-refractivity contribution in [2.75, 3.05) is 13.7 Å². The van der Waals surface area contributed by atoms with Gasteiger partial charge in [0, 0.05) is 30.0 Å². The molecule has 3 aromatic rings. The van der Waals surface area contributed by atoms with E-state index in [1.807, 2.05) is 60.0 Å². The smallest absolute Gasteiger partial charge is 0.251 e. The number of ether oxygens (including phenoxy) is 1. The number of nitrogens with zero attached hydrogens (tertiary/aromatic N) is 3. The van der Waals surface area contributed by atoms with E-state index in [1.165, 1.54) is 11.8 Å². The summed E-state index contributed by atoms with van der Waals surface area (Å²) in [5, 5.41) is 13.2. The average Bonchev–Trinajstić information content (AvgIpc) is 3.18. The number of aromatic nitrogens is 3. The molecule has 2 aromatic carbocycles. The van der Waals surface area contributed by atoms with Crippen LogP contribution in [0, 0.1) is 0 Å². The summed E-state index contributed by atoms with van der Waals surface area (Å²) in [7, 11) is 1.67. The van der Waals surface area contributed by atoms with E-state index in [2.05, 4.69) is 22.4 Å². The van der Waals surface area contributed by atoms with Crippen molar-refractivity contribution in [1.29, 1.82) is 0 Å². The fourth-order valence-corrected chi connectivity index (χ4v) is 4.22. The second-order valence-electron chi connectivity index (χ2n) is 7.16. The number of rotatable bonds is 10. The van der Waals surface area contributed by atoms with Gasteiger partial charge in [0.25, 0.3) is 5.91 Å². The number of amides is 1. The van der Waals surface area contributed by atoms with E-state index in [0.29, 0.717) is 35.3 Å². The summed E-state index contributed by atoms with van der Waals surface area (Å²) in [5.41, 5.74) is 2.46. The molecule has 0 saturated heterocycles. The van der Waals surface area contributed by atoms with E-state index in [-0.39, 0.29) is 11.9 Å². The van der Waals surface area contributed by atoms with E-state index in [4.69, 9.17) is 16.3 Å². The van der Waals surface area contributed by atoms with Gasteiger partial charge in [-0.15, -0.1) is 10.2 Å². The van der Waals surface area contributed by atoms with Crippen molar-refractivity contribution in [2.24, 2.45) is 0 Å². The van der Waals surface area contributed by atoms with Crippen molar-refractivity contribution in [2.45, 2.75) is 43.8 Å². The second-order valence-corrected chi connectivity index (χ2v) is 8.51. The largest absolute Gasteiger partial charge is 0.383 e. The topological polar surface area (TPSA) is 69.0 Å². The maximum absolute atomic E-state index is 12.7. The molecule has 0 fully saturated rings. The highest BCUT2D eigenvalue weighted by Gasteiger charge is 2.18. The highest BCUT2D eigenvalue weighted by atomic mass is 35.5. The lowest BCUT2D eigenvalue weighted by Gasteiger charge is -2.14. The number of hydrogen-bond donors (Lipinski definition) is 1. The van der Waals surface area contributed by atoms with Crippen LogP contribution in [-0.4, -0.2) is 40.4 Å². The van der Waals surface area contributed by atoms with E-state index >= 15 is 0 Å². The van der Waals surface area contributed by atoms with Crippen molar-refractivity contribution in [1.82, 2.24) is 20.1 Å². The molecule has 1 aromatic heterocycles. The molecule has 0 unspecified atom stereocenters. The molecule has 8 heteroatoms. The predicted octanol–water partition coefficient (Wildman–Crippen LogP) is 5.07. The molecular weight excluding hydrogens is 432 g/mol. The molecule has 0 aliphatic heterocycles. The summed E-state index contributed by atoms with van der Waals surface area (Å²) in [6.07, 6.45) is 0.885. The van der Waals surface area contributed by atoms with Crippen LogP contribution < -0.4 is 5.32 Å². The fourth-order valence-electron chi connectivity index (χ4n) is 3.04. The lowest BCUT2D eigenvalue weighted by Crippen LogP contribution is -2.32. The number of halogens is 1. The molecule has 3 rings (SSSR count). The summed E-state index contributed by atoms with van der Waals surface area (Å²) in [4.78, 5) is 12.7. The minimum Gasteiger partial charge on any atom is -0.383 e. The van der Waals surface area contributed by atoms with Crippen molar-refractivity contribution in [3.8, 4) is 11.4 Å². The van der Waals surface area contributed by atoms with Crippen molar-refractivity contribution in [3.05, 3.63) is 64.7 Å². The predicted molar refractivity (Wildman–Crippen MR) is 126 cm³/mol. The molecule has 31 heavy (non-hydrogen) atoms. The van der Waals surface area contributed by atoms with Gasteiger partial charge in [0.05, 0.1) is 18.2 Å². The Bertz CT molecular complexity index is 1020. The third-order valence-electron chi connectivity index (χ3n) is 4.96. The lowest BCUT2D eigenvalue weighted by molar-refractivity contribution is 0.0938. The third-order valence-corrected chi connectivity index (χ3v) is 6.30. The van der Waals surface area contributed by atoms with Gasteiger partial charge < -0.3 is 10.1 Å². The summed E-state index contributed by atoms with van der Waals surface area (Å²) in [6.45, 7) is 5.18. The molecule has 6 nitrogen and oxygen atoms in total. The average molecular weight is 459 g/mol. The van der Waals surface area contributed by atoms with Crippen molar-refractivity contribution < 1.29 is 9.53 Å². The van der Waals surface area contributed by atoms with Gasteiger partial charge >= 0.3 is 0 Å². The first kappa shape index (κ1) is 23.3.